The number of hydrogen-bond acceptors (Lipinski definition) is 4. The molecule has 0 aliphatic heterocycles. The van der Waals surface area contributed by atoms with E-state index in [1.165, 1.54) is 6.92 Å². The quantitative estimate of drug-likeness (QED) is 0.341. The fourth-order valence-corrected chi connectivity index (χ4v) is 4.57. The maximum Gasteiger partial charge on any atom is 0.341 e. The van der Waals surface area contributed by atoms with Crippen molar-refractivity contribution in [3.8, 4) is 5.75 Å². The van der Waals surface area contributed by atoms with E-state index in [9.17, 15) is 9.59 Å². The molecule has 0 aliphatic carbocycles. The number of aromatic nitrogens is 1. The molecule has 0 saturated carbocycles. The zero-order chi connectivity index (χ0) is 22.2. The highest BCUT2D eigenvalue weighted by Crippen LogP contribution is 2.48. The monoisotopic (exact) mass is 414 g/mol. The Labute approximate surface area is 177 Å². The highest BCUT2D eigenvalue weighted by molar-refractivity contribution is 6.12. The van der Waals surface area contributed by atoms with Crippen molar-refractivity contribution in [3.05, 3.63) is 27.9 Å². The third-order valence-electron chi connectivity index (χ3n) is 5.41. The molecule has 0 aliphatic rings. The largest absolute Gasteiger partial charge is 0.540 e. The number of nitrogens with zero attached hydrogens (tertiary/aromatic N) is 1. The maximum absolute atomic E-state index is 12.7. The summed E-state index contributed by atoms with van der Waals surface area (Å²) < 4.78 is 13.1. The number of carbonyl (C=O) groups excluding carboxylic acids is 2. The van der Waals surface area contributed by atoms with Crippen LogP contribution in [0.15, 0.2) is 0 Å². The van der Waals surface area contributed by atoms with Gasteiger partial charge in [0.25, 0.3) is 0 Å². The number of hydrogen-bond donors (Lipinski definition) is 0. The number of fused-ring (bicyclic) bond motifs is 1. The second kappa shape index (κ2) is 8.74. The van der Waals surface area contributed by atoms with Crippen LogP contribution >= 0.6 is 0 Å². The van der Waals surface area contributed by atoms with Gasteiger partial charge in [0.15, 0.2) is 12.5 Å². The minimum atomic E-state index is -0.352. The number of ether oxygens (including phenoxy) is 1. The molecule has 1 aromatic carbocycles. The van der Waals surface area contributed by atoms with E-state index >= 15 is 0 Å². The molecule has 0 N–H and O–H groups in total. The van der Waals surface area contributed by atoms with Crippen molar-refractivity contribution in [2.45, 2.75) is 86.8 Å². The average Bonchev–Trinajstić information content (AvgIpc) is 2.88. The molecule has 0 unspecified atom stereocenters. The van der Waals surface area contributed by atoms with Gasteiger partial charge in [0, 0.05) is 34.7 Å². The number of benzene rings is 1. The predicted octanol–water partition coefficient (Wildman–Crippen LogP) is 5.51. The van der Waals surface area contributed by atoms with Crippen molar-refractivity contribution in [2.75, 3.05) is 0 Å². The Bertz CT molecular complexity index is 954. The normalized spacial score (nSPS) is 11.8. The Kier molecular flexibility index (Phi) is 6.99. The van der Waals surface area contributed by atoms with Gasteiger partial charge < -0.3 is 13.7 Å². The van der Waals surface area contributed by atoms with Gasteiger partial charge in [-0.25, -0.2) is 0 Å². The molecule has 0 saturated heterocycles. The van der Waals surface area contributed by atoms with Gasteiger partial charge in [-0.05, 0) is 37.2 Å². The smallest absolute Gasteiger partial charge is 0.341 e. The number of Topliss-reactive ketones (excluding diaryl/α,β-unsaturated/α-hetero) is 1. The fraction of sp³-hybridized carbons (Fsp3) is 0.565. The Morgan fingerprint density at radius 3 is 1.83 bits per heavy atom. The first-order chi connectivity index (χ1) is 13.4. The highest BCUT2D eigenvalue weighted by Gasteiger charge is 2.31. The van der Waals surface area contributed by atoms with Gasteiger partial charge in [0.1, 0.15) is 5.75 Å². The third-order valence-corrected chi connectivity index (χ3v) is 5.61. The fourth-order valence-electron chi connectivity index (χ4n) is 4.35. The van der Waals surface area contributed by atoms with Gasteiger partial charge in [0.05, 0.1) is 5.52 Å². The molecule has 1 aromatic heterocycles. The molecule has 3 radical (unpaired) electrons. The van der Waals surface area contributed by atoms with Crippen molar-refractivity contribution in [2.24, 2.45) is 0 Å². The molecular formula is C23H32NO4Si. The first-order valence-corrected chi connectivity index (χ1v) is 10.6. The van der Waals surface area contributed by atoms with E-state index in [-0.39, 0.29) is 36.2 Å². The van der Waals surface area contributed by atoms with E-state index in [0.717, 1.165) is 39.0 Å². The summed E-state index contributed by atoms with van der Waals surface area (Å²) in [6, 6.07) is 0. The number of ketones is 1. The number of rotatable bonds is 7. The van der Waals surface area contributed by atoms with E-state index in [2.05, 4.69) is 52.0 Å². The molecular weight excluding hydrogens is 382 g/mol. The predicted molar refractivity (Wildman–Crippen MR) is 117 cm³/mol. The van der Waals surface area contributed by atoms with Crippen molar-refractivity contribution >= 4 is 33.1 Å². The summed E-state index contributed by atoms with van der Waals surface area (Å²) in [6.45, 7) is 17.7. The number of carbonyl (C=O) groups is 2. The van der Waals surface area contributed by atoms with Crippen LogP contribution in [0, 0.1) is 6.92 Å². The molecule has 29 heavy (non-hydrogen) atoms. The van der Waals surface area contributed by atoms with Crippen LogP contribution in [0.5, 0.6) is 5.75 Å². The van der Waals surface area contributed by atoms with Crippen molar-refractivity contribution in [1.82, 2.24) is 4.57 Å². The summed E-state index contributed by atoms with van der Waals surface area (Å²) in [4.78, 5) is 24.3. The number of esters is 1. The Balaban J connectivity index is 3.24. The van der Waals surface area contributed by atoms with Crippen LogP contribution in [0.2, 0.25) is 0 Å². The lowest BCUT2D eigenvalue weighted by Crippen LogP contribution is -2.12. The lowest BCUT2D eigenvalue weighted by molar-refractivity contribution is -0.144. The van der Waals surface area contributed by atoms with E-state index < -0.39 is 0 Å². The van der Waals surface area contributed by atoms with Gasteiger partial charge >= 0.3 is 16.5 Å². The molecule has 1 heterocycles. The summed E-state index contributed by atoms with van der Waals surface area (Å²) in [5.41, 5.74) is 5.66. The zero-order valence-electron chi connectivity index (χ0n) is 19.0. The third kappa shape index (κ3) is 3.99. The molecule has 0 fully saturated rings. The van der Waals surface area contributed by atoms with Crippen LogP contribution in [0.1, 0.15) is 106 Å². The zero-order valence-corrected chi connectivity index (χ0v) is 20.0. The molecule has 0 atom stereocenters. The van der Waals surface area contributed by atoms with Gasteiger partial charge in [0.2, 0.25) is 0 Å². The highest BCUT2D eigenvalue weighted by atomic mass is 28.2. The average molecular weight is 415 g/mol. The van der Waals surface area contributed by atoms with E-state index in [1.807, 2.05) is 11.5 Å². The summed E-state index contributed by atoms with van der Waals surface area (Å²) in [6.07, 6.45) is 0. The maximum atomic E-state index is 12.7. The second-order valence-electron chi connectivity index (χ2n) is 8.57. The van der Waals surface area contributed by atoms with Gasteiger partial charge in [-0.15, -0.1) is 0 Å². The molecule has 6 heteroatoms. The van der Waals surface area contributed by atoms with Gasteiger partial charge in [-0.3, -0.25) is 9.59 Å². The minimum absolute atomic E-state index is 0.0112. The van der Waals surface area contributed by atoms with Crippen molar-refractivity contribution in [3.63, 3.8) is 0 Å². The Morgan fingerprint density at radius 2 is 1.45 bits per heavy atom. The topological polar surface area (TPSA) is 57.5 Å². The van der Waals surface area contributed by atoms with Crippen LogP contribution in [0.4, 0.5) is 0 Å². The SMILES string of the molecule is CC(=O)OCn1c(C)c(C(C)=O)c2c(C(C)C)c(O[Si])c(C(C)C)c(C(C)C)c21. The van der Waals surface area contributed by atoms with Crippen LogP contribution in [0.3, 0.4) is 0 Å². The lowest BCUT2D eigenvalue weighted by atomic mass is 9.82. The molecule has 5 nitrogen and oxygen atoms in total. The van der Waals surface area contributed by atoms with Crippen molar-refractivity contribution in [1.29, 1.82) is 0 Å². The molecule has 0 bridgehead atoms. The van der Waals surface area contributed by atoms with E-state index in [1.54, 1.807) is 6.92 Å². The van der Waals surface area contributed by atoms with Crippen molar-refractivity contribution < 1.29 is 18.8 Å². The summed E-state index contributed by atoms with van der Waals surface area (Å²) in [5.74, 6) is 0.943. The summed E-state index contributed by atoms with van der Waals surface area (Å²) >= 11 is 0. The molecule has 0 amide bonds. The summed E-state index contributed by atoms with van der Waals surface area (Å²) in [5, 5.41) is 0.901. The molecule has 2 aromatic rings. The van der Waals surface area contributed by atoms with Gasteiger partial charge in [-0.1, -0.05) is 41.5 Å². The van der Waals surface area contributed by atoms with Gasteiger partial charge in [-0.2, -0.15) is 0 Å². The standard InChI is InChI=1S/C23H32NO4Si/c1-11(2)17-18(12(3)4)23(28-29)19(13(5)6)21-20(15(8)25)14(7)24(22(17)21)10-27-16(9)26/h11-13H,10H2,1-9H3. The van der Waals surface area contributed by atoms with E-state index in [0.29, 0.717) is 5.56 Å². The van der Waals surface area contributed by atoms with Crippen LogP contribution in [0.25, 0.3) is 10.9 Å². The molecule has 0 spiro atoms. The Morgan fingerprint density at radius 1 is 0.931 bits per heavy atom. The molecule has 157 valence electrons. The first-order valence-electron chi connectivity index (χ1n) is 10.2. The summed E-state index contributed by atoms with van der Waals surface area (Å²) in [7, 11) is 3.30. The molecule has 2 rings (SSSR count). The van der Waals surface area contributed by atoms with Crippen LogP contribution in [-0.2, 0) is 16.3 Å². The van der Waals surface area contributed by atoms with E-state index in [4.69, 9.17) is 9.16 Å². The first kappa shape index (κ1) is 23.2. The Hall–Kier alpha value is -2.08. The lowest BCUT2D eigenvalue weighted by Gasteiger charge is -2.27. The second-order valence-corrected chi connectivity index (χ2v) is 8.77. The van der Waals surface area contributed by atoms with Crippen LogP contribution in [-0.4, -0.2) is 26.8 Å². The minimum Gasteiger partial charge on any atom is -0.540 e. The van der Waals surface area contributed by atoms with Crippen LogP contribution < -0.4 is 4.43 Å².